The van der Waals surface area contributed by atoms with Gasteiger partial charge in [-0.05, 0) is 23.8 Å². The summed E-state index contributed by atoms with van der Waals surface area (Å²) in [6, 6.07) is 7.29. The number of hydrogen-bond acceptors (Lipinski definition) is 5. The molecule has 2 atom stereocenters. The fourth-order valence-electron chi connectivity index (χ4n) is 2.79. The van der Waals surface area contributed by atoms with E-state index in [9.17, 15) is 19.2 Å². The largest absolute Gasteiger partial charge is 0.445 e. The van der Waals surface area contributed by atoms with Crippen LogP contribution >= 0.6 is 0 Å². The summed E-state index contributed by atoms with van der Waals surface area (Å²) in [5.41, 5.74) is 9.17. The molecule has 10 heteroatoms. The molecule has 32 heavy (non-hydrogen) atoms. The lowest BCUT2D eigenvalue weighted by Gasteiger charge is -2.25. The fraction of sp³-hybridized carbons (Fsp3) is 0.500. The van der Waals surface area contributed by atoms with Crippen LogP contribution in [0.2, 0.25) is 0 Å². The molecule has 0 spiro atoms. The Morgan fingerprint density at radius 3 is 2.25 bits per heavy atom. The van der Waals surface area contributed by atoms with Crippen LogP contribution in [0.3, 0.4) is 0 Å². The number of rotatable bonds is 12. The van der Waals surface area contributed by atoms with Gasteiger partial charge in [-0.25, -0.2) is 4.79 Å². The van der Waals surface area contributed by atoms with E-state index in [2.05, 4.69) is 20.7 Å². The molecule has 174 valence electrons. The average molecular weight is 446 g/mol. The van der Waals surface area contributed by atoms with Gasteiger partial charge in [-0.15, -0.1) is 0 Å². The number of hydrogen-bond donors (Lipinski definition) is 3. The average Bonchev–Trinajstić information content (AvgIpc) is 2.74. The molecule has 0 heterocycles. The summed E-state index contributed by atoms with van der Waals surface area (Å²) in [6.45, 7) is 6.96. The smallest absolute Gasteiger partial charge is 0.408 e. The number of nitrogens with zero attached hydrogens (tertiary/aromatic N) is 2. The first-order valence-corrected chi connectivity index (χ1v) is 10.4. The molecule has 1 aromatic carbocycles. The third-order valence-corrected chi connectivity index (χ3v) is 4.41. The van der Waals surface area contributed by atoms with Gasteiger partial charge >= 0.3 is 12.3 Å². The van der Waals surface area contributed by atoms with Crippen molar-refractivity contribution < 1.29 is 28.7 Å². The molecule has 0 saturated carbocycles. The quantitative estimate of drug-likeness (QED) is 0.253. The molecule has 0 saturated heterocycles. The van der Waals surface area contributed by atoms with Crippen LogP contribution in [-0.2, 0) is 25.7 Å². The van der Waals surface area contributed by atoms with Crippen molar-refractivity contribution in [2.45, 2.75) is 52.8 Å². The first-order valence-electron chi connectivity index (χ1n) is 10.4. The molecule has 0 fully saturated rings. The van der Waals surface area contributed by atoms with Crippen molar-refractivity contribution in [3.63, 3.8) is 0 Å². The standard InChI is InChI=1S/C22H31N5O5/c1-14(2)10-18(26-22(31)32-13-16-8-6-5-7-9-16)20(29)27-19(15(3)4)21(30)24-11-17(28)12-25-23/h5-9,12,14-15,18-19H,10-11,13H2,1-4H3,(H,24,30)(H,26,31)(H,27,29)/t18-,19+/m1/s1. The number of benzene rings is 1. The Labute approximate surface area is 187 Å². The Balaban J connectivity index is 2.75. The molecular weight excluding hydrogens is 414 g/mol. The third kappa shape index (κ3) is 9.99. The van der Waals surface area contributed by atoms with Crippen LogP contribution in [0, 0.1) is 11.8 Å². The second-order valence-corrected chi connectivity index (χ2v) is 8.05. The Bertz CT molecular complexity index is 834. The summed E-state index contributed by atoms with van der Waals surface area (Å²) >= 11 is 0. The second kappa shape index (κ2) is 13.7. The maximum absolute atomic E-state index is 12.9. The molecule has 0 unspecified atom stereocenters. The van der Waals surface area contributed by atoms with Crippen molar-refractivity contribution >= 4 is 29.9 Å². The van der Waals surface area contributed by atoms with Gasteiger partial charge in [0.25, 0.3) is 5.78 Å². The number of Topliss-reactive ketones (excluding diaryl/α,β-unsaturated/α-hetero) is 1. The Hall–Kier alpha value is -3.52. The second-order valence-electron chi connectivity index (χ2n) is 8.05. The van der Waals surface area contributed by atoms with E-state index in [0.29, 0.717) is 12.6 Å². The minimum atomic E-state index is -0.932. The number of alkyl carbamates (subject to hydrolysis) is 1. The zero-order chi connectivity index (χ0) is 24.1. The summed E-state index contributed by atoms with van der Waals surface area (Å²) in [5.74, 6) is -1.90. The number of nitrogens with one attached hydrogen (secondary N) is 3. The molecule has 0 aromatic heterocycles. The molecule has 3 amide bonds. The van der Waals surface area contributed by atoms with E-state index in [4.69, 9.17) is 10.3 Å². The predicted octanol–water partition coefficient (Wildman–Crippen LogP) is 1.45. The molecule has 3 N–H and O–H groups in total. The van der Waals surface area contributed by atoms with Crippen molar-refractivity contribution in [2.75, 3.05) is 6.54 Å². The van der Waals surface area contributed by atoms with E-state index in [1.807, 2.05) is 44.2 Å². The molecule has 0 aliphatic heterocycles. The number of ether oxygens (including phenoxy) is 1. The molecule has 0 bridgehead atoms. The lowest BCUT2D eigenvalue weighted by molar-refractivity contribution is -0.131. The molecule has 0 aliphatic carbocycles. The normalized spacial score (nSPS) is 12.3. The van der Waals surface area contributed by atoms with Crippen LogP contribution in [0.5, 0.6) is 0 Å². The first kappa shape index (κ1) is 26.5. The maximum Gasteiger partial charge on any atom is 0.408 e. The summed E-state index contributed by atoms with van der Waals surface area (Å²) in [7, 11) is 0. The molecule has 10 nitrogen and oxygen atoms in total. The summed E-state index contributed by atoms with van der Waals surface area (Å²) in [6.07, 6.45) is 0.269. The number of ketones is 1. The monoisotopic (exact) mass is 445 g/mol. The van der Waals surface area contributed by atoms with Crippen LogP contribution in [0.15, 0.2) is 30.3 Å². The van der Waals surface area contributed by atoms with Crippen molar-refractivity contribution in [1.82, 2.24) is 16.0 Å². The van der Waals surface area contributed by atoms with Gasteiger partial charge in [-0.1, -0.05) is 58.0 Å². The van der Waals surface area contributed by atoms with Gasteiger partial charge in [-0.3, -0.25) is 14.4 Å². The van der Waals surface area contributed by atoms with Crippen LogP contribution in [0.1, 0.15) is 39.7 Å². The van der Waals surface area contributed by atoms with Gasteiger partial charge in [0.15, 0.2) is 0 Å². The maximum atomic E-state index is 12.9. The Morgan fingerprint density at radius 1 is 1.03 bits per heavy atom. The number of amides is 3. The van der Waals surface area contributed by atoms with Gasteiger partial charge in [0.2, 0.25) is 11.8 Å². The van der Waals surface area contributed by atoms with E-state index in [-0.39, 0.29) is 25.0 Å². The molecule has 0 aliphatic rings. The minimum absolute atomic E-state index is 0.0604. The lowest BCUT2D eigenvalue weighted by atomic mass is 10.00. The SMILES string of the molecule is CC(C)C[C@@H](NC(=O)OCc1ccccc1)C(=O)N[C@H](C(=O)NCC(=O)C=[N+]=[N-])C(C)C. The Kier molecular flexibility index (Phi) is 11.4. The first-order chi connectivity index (χ1) is 15.1. The van der Waals surface area contributed by atoms with Crippen molar-refractivity contribution in [2.24, 2.45) is 11.8 Å². The van der Waals surface area contributed by atoms with Gasteiger partial charge < -0.3 is 26.2 Å². The zero-order valence-electron chi connectivity index (χ0n) is 18.8. The van der Waals surface area contributed by atoms with Gasteiger partial charge in [-0.2, -0.15) is 4.79 Å². The highest BCUT2D eigenvalue weighted by molar-refractivity contribution is 6.26. The van der Waals surface area contributed by atoms with Gasteiger partial charge in [0.05, 0.1) is 6.54 Å². The highest BCUT2D eigenvalue weighted by Gasteiger charge is 2.29. The van der Waals surface area contributed by atoms with E-state index < -0.39 is 35.8 Å². The van der Waals surface area contributed by atoms with Crippen LogP contribution in [-0.4, -0.2) is 53.3 Å². The predicted molar refractivity (Wildman–Crippen MR) is 117 cm³/mol. The van der Waals surface area contributed by atoms with Crippen LogP contribution in [0.25, 0.3) is 5.53 Å². The molecule has 1 aromatic rings. The van der Waals surface area contributed by atoms with E-state index in [1.54, 1.807) is 13.8 Å². The van der Waals surface area contributed by atoms with Crippen molar-refractivity contribution in [3.05, 3.63) is 41.4 Å². The number of carbonyl (C=O) groups is 4. The van der Waals surface area contributed by atoms with Gasteiger partial charge in [0.1, 0.15) is 18.7 Å². The summed E-state index contributed by atoms with van der Waals surface area (Å²) in [4.78, 5) is 51.6. The van der Waals surface area contributed by atoms with E-state index >= 15 is 0 Å². The Morgan fingerprint density at radius 2 is 1.69 bits per heavy atom. The summed E-state index contributed by atoms with van der Waals surface area (Å²) < 4.78 is 5.20. The van der Waals surface area contributed by atoms with E-state index in [0.717, 1.165) is 5.56 Å². The molecule has 0 radical (unpaired) electrons. The lowest BCUT2D eigenvalue weighted by Crippen LogP contribution is -2.56. The molecular formula is C22H31N5O5. The number of carbonyl (C=O) groups excluding carboxylic acids is 4. The fourth-order valence-corrected chi connectivity index (χ4v) is 2.79. The summed E-state index contributed by atoms with van der Waals surface area (Å²) in [5, 5.41) is 7.60. The third-order valence-electron chi connectivity index (χ3n) is 4.41. The van der Waals surface area contributed by atoms with Gasteiger partial charge in [0, 0.05) is 0 Å². The van der Waals surface area contributed by atoms with Crippen molar-refractivity contribution in [3.8, 4) is 0 Å². The van der Waals surface area contributed by atoms with Crippen LogP contribution < -0.4 is 16.0 Å². The molecule has 1 rings (SSSR count). The van der Waals surface area contributed by atoms with E-state index in [1.165, 1.54) is 0 Å². The highest BCUT2D eigenvalue weighted by Crippen LogP contribution is 2.09. The van der Waals surface area contributed by atoms with Crippen LogP contribution in [0.4, 0.5) is 4.79 Å². The highest BCUT2D eigenvalue weighted by atomic mass is 16.5. The zero-order valence-corrected chi connectivity index (χ0v) is 18.8. The minimum Gasteiger partial charge on any atom is -0.445 e. The van der Waals surface area contributed by atoms with Crippen molar-refractivity contribution in [1.29, 1.82) is 0 Å². The topological polar surface area (TPSA) is 150 Å².